The summed E-state index contributed by atoms with van der Waals surface area (Å²) in [6.45, 7) is 4.33. The SMILES string of the molecule is COc1ccccc1OCc1csc(C(=O)NC(C)c2cnn(C)c2C)c1. The van der Waals surface area contributed by atoms with Crippen LogP contribution in [0.5, 0.6) is 11.5 Å². The van der Waals surface area contributed by atoms with Gasteiger partial charge < -0.3 is 14.8 Å². The van der Waals surface area contributed by atoms with E-state index in [4.69, 9.17) is 9.47 Å². The molecule has 0 aliphatic rings. The number of methoxy groups -OCH3 is 1. The van der Waals surface area contributed by atoms with Gasteiger partial charge >= 0.3 is 0 Å². The standard InChI is InChI=1S/C20H23N3O3S/c1-13(16-10-21-23(3)14(16)2)22-20(24)19-9-15(12-27-19)11-26-18-8-6-5-7-17(18)25-4/h5-10,12-13H,11H2,1-4H3,(H,22,24). The minimum Gasteiger partial charge on any atom is -0.493 e. The highest BCUT2D eigenvalue weighted by atomic mass is 32.1. The minimum absolute atomic E-state index is 0.0979. The number of rotatable bonds is 7. The van der Waals surface area contributed by atoms with Gasteiger partial charge in [-0.1, -0.05) is 12.1 Å². The van der Waals surface area contributed by atoms with Crippen molar-refractivity contribution in [2.24, 2.45) is 7.05 Å². The van der Waals surface area contributed by atoms with Gasteiger partial charge in [0.1, 0.15) is 6.61 Å². The van der Waals surface area contributed by atoms with Crippen molar-refractivity contribution in [3.63, 3.8) is 0 Å². The molecule has 1 unspecified atom stereocenters. The normalized spacial score (nSPS) is 11.9. The van der Waals surface area contributed by atoms with Gasteiger partial charge in [0.15, 0.2) is 11.5 Å². The Hall–Kier alpha value is -2.80. The molecule has 142 valence electrons. The molecule has 0 aliphatic carbocycles. The summed E-state index contributed by atoms with van der Waals surface area (Å²) in [5.74, 6) is 1.27. The second-order valence-corrected chi connectivity index (χ2v) is 7.17. The molecule has 0 saturated carbocycles. The van der Waals surface area contributed by atoms with Crippen molar-refractivity contribution in [1.29, 1.82) is 0 Å². The maximum absolute atomic E-state index is 12.5. The Morgan fingerprint density at radius 2 is 2.07 bits per heavy atom. The monoisotopic (exact) mass is 385 g/mol. The third-order valence-electron chi connectivity index (χ3n) is 4.43. The fourth-order valence-electron chi connectivity index (χ4n) is 2.76. The highest BCUT2D eigenvalue weighted by Crippen LogP contribution is 2.27. The van der Waals surface area contributed by atoms with E-state index >= 15 is 0 Å². The number of hydrogen-bond donors (Lipinski definition) is 1. The Morgan fingerprint density at radius 1 is 1.33 bits per heavy atom. The molecule has 1 N–H and O–H groups in total. The van der Waals surface area contributed by atoms with Crippen LogP contribution in [0.1, 0.15) is 39.5 Å². The van der Waals surface area contributed by atoms with Gasteiger partial charge in [-0.15, -0.1) is 11.3 Å². The average molecular weight is 385 g/mol. The summed E-state index contributed by atoms with van der Waals surface area (Å²) >= 11 is 1.41. The maximum Gasteiger partial charge on any atom is 0.261 e. The number of benzene rings is 1. The van der Waals surface area contributed by atoms with Gasteiger partial charge in [0, 0.05) is 23.9 Å². The van der Waals surface area contributed by atoms with Gasteiger partial charge in [-0.3, -0.25) is 9.48 Å². The first kappa shape index (κ1) is 19.0. The molecule has 3 aromatic rings. The van der Waals surface area contributed by atoms with Crippen LogP contribution < -0.4 is 14.8 Å². The first-order chi connectivity index (χ1) is 13.0. The highest BCUT2D eigenvalue weighted by molar-refractivity contribution is 7.12. The zero-order valence-corrected chi connectivity index (χ0v) is 16.7. The van der Waals surface area contributed by atoms with Gasteiger partial charge in [0.25, 0.3) is 5.91 Å². The van der Waals surface area contributed by atoms with E-state index in [-0.39, 0.29) is 11.9 Å². The number of carbonyl (C=O) groups is 1. The Morgan fingerprint density at radius 3 is 2.74 bits per heavy atom. The van der Waals surface area contributed by atoms with Crippen molar-refractivity contribution in [1.82, 2.24) is 15.1 Å². The van der Waals surface area contributed by atoms with Crippen LogP contribution >= 0.6 is 11.3 Å². The van der Waals surface area contributed by atoms with Crippen LogP contribution in [0.4, 0.5) is 0 Å². The Kier molecular flexibility index (Phi) is 5.81. The first-order valence-corrected chi connectivity index (χ1v) is 9.50. The van der Waals surface area contributed by atoms with E-state index in [0.717, 1.165) is 16.8 Å². The fraction of sp³-hybridized carbons (Fsp3) is 0.300. The van der Waals surface area contributed by atoms with Crippen molar-refractivity contribution >= 4 is 17.2 Å². The van der Waals surface area contributed by atoms with Crippen LogP contribution in [-0.4, -0.2) is 22.8 Å². The molecule has 0 bridgehead atoms. The number of aromatic nitrogens is 2. The number of para-hydroxylation sites is 2. The zero-order valence-electron chi connectivity index (χ0n) is 15.9. The van der Waals surface area contributed by atoms with E-state index in [1.165, 1.54) is 11.3 Å². The van der Waals surface area contributed by atoms with Crippen molar-refractivity contribution in [3.8, 4) is 11.5 Å². The van der Waals surface area contributed by atoms with E-state index in [1.54, 1.807) is 18.0 Å². The predicted molar refractivity (Wildman–Crippen MR) is 105 cm³/mol. The molecule has 0 fully saturated rings. The van der Waals surface area contributed by atoms with Gasteiger partial charge in [0.05, 0.1) is 24.2 Å². The number of aryl methyl sites for hydroxylation is 1. The number of carbonyl (C=O) groups excluding carboxylic acids is 1. The van der Waals surface area contributed by atoms with Gasteiger partial charge in [-0.2, -0.15) is 5.10 Å². The van der Waals surface area contributed by atoms with Crippen molar-refractivity contribution in [2.45, 2.75) is 26.5 Å². The fourth-order valence-corrected chi connectivity index (χ4v) is 3.56. The number of nitrogens with zero attached hydrogens (tertiary/aromatic N) is 2. The highest BCUT2D eigenvalue weighted by Gasteiger charge is 2.17. The maximum atomic E-state index is 12.5. The van der Waals surface area contributed by atoms with Crippen molar-refractivity contribution < 1.29 is 14.3 Å². The summed E-state index contributed by atoms with van der Waals surface area (Å²) in [6.07, 6.45) is 1.79. The largest absolute Gasteiger partial charge is 0.493 e. The lowest BCUT2D eigenvalue weighted by Gasteiger charge is -2.13. The average Bonchev–Trinajstić information content (AvgIpc) is 3.27. The predicted octanol–water partition coefficient (Wildman–Crippen LogP) is 3.87. The molecule has 1 amide bonds. The molecule has 0 radical (unpaired) electrons. The summed E-state index contributed by atoms with van der Waals surface area (Å²) in [5, 5.41) is 9.19. The molecule has 3 rings (SSSR count). The quantitative estimate of drug-likeness (QED) is 0.671. The third-order valence-corrected chi connectivity index (χ3v) is 5.41. The lowest BCUT2D eigenvalue weighted by atomic mass is 10.1. The van der Waals surface area contributed by atoms with Crippen LogP contribution in [0.15, 0.2) is 41.9 Å². The lowest BCUT2D eigenvalue weighted by Crippen LogP contribution is -2.26. The second-order valence-electron chi connectivity index (χ2n) is 6.26. The van der Waals surface area contributed by atoms with E-state index in [9.17, 15) is 4.79 Å². The summed E-state index contributed by atoms with van der Waals surface area (Å²) in [4.78, 5) is 13.2. The topological polar surface area (TPSA) is 65.4 Å². The van der Waals surface area contributed by atoms with Crippen LogP contribution in [0.25, 0.3) is 0 Å². The summed E-state index contributed by atoms with van der Waals surface area (Å²) in [7, 11) is 3.50. The van der Waals surface area contributed by atoms with Gasteiger partial charge in [-0.05, 0) is 37.4 Å². The van der Waals surface area contributed by atoms with E-state index < -0.39 is 0 Å². The van der Waals surface area contributed by atoms with Crippen molar-refractivity contribution in [3.05, 3.63) is 63.6 Å². The van der Waals surface area contributed by atoms with E-state index in [2.05, 4.69) is 10.4 Å². The first-order valence-electron chi connectivity index (χ1n) is 8.62. The van der Waals surface area contributed by atoms with Gasteiger partial charge in [0.2, 0.25) is 0 Å². The molecule has 1 aromatic carbocycles. The van der Waals surface area contributed by atoms with Crippen LogP contribution in [-0.2, 0) is 13.7 Å². The minimum atomic E-state index is -0.110. The Labute approximate surface area is 162 Å². The van der Waals surface area contributed by atoms with Crippen molar-refractivity contribution in [2.75, 3.05) is 7.11 Å². The number of amides is 1. The van der Waals surface area contributed by atoms with Crippen LogP contribution in [0.3, 0.4) is 0 Å². The molecule has 7 heteroatoms. The molecular formula is C20H23N3O3S. The van der Waals surface area contributed by atoms with Gasteiger partial charge in [-0.25, -0.2) is 0 Å². The molecule has 0 spiro atoms. The second kappa shape index (κ2) is 8.26. The smallest absolute Gasteiger partial charge is 0.261 e. The molecule has 0 aliphatic heterocycles. The summed E-state index contributed by atoms with van der Waals surface area (Å²) in [5.41, 5.74) is 3.00. The number of nitrogens with one attached hydrogen (secondary N) is 1. The Balaban J connectivity index is 1.61. The molecule has 2 heterocycles. The van der Waals surface area contributed by atoms with E-state index in [0.29, 0.717) is 23.0 Å². The van der Waals surface area contributed by atoms with Crippen LogP contribution in [0.2, 0.25) is 0 Å². The summed E-state index contributed by atoms with van der Waals surface area (Å²) in [6, 6.07) is 9.25. The molecule has 2 aromatic heterocycles. The third kappa shape index (κ3) is 4.31. The van der Waals surface area contributed by atoms with E-state index in [1.807, 2.05) is 56.6 Å². The molecule has 27 heavy (non-hydrogen) atoms. The summed E-state index contributed by atoms with van der Waals surface area (Å²) < 4.78 is 12.9. The zero-order chi connectivity index (χ0) is 19.4. The lowest BCUT2D eigenvalue weighted by molar-refractivity contribution is 0.0944. The number of ether oxygens (including phenoxy) is 2. The Bertz CT molecular complexity index is 932. The number of thiophene rings is 1. The molecular weight excluding hydrogens is 362 g/mol. The molecule has 0 saturated heterocycles. The van der Waals surface area contributed by atoms with Crippen LogP contribution in [0, 0.1) is 6.92 Å². The number of hydrogen-bond acceptors (Lipinski definition) is 5. The molecule has 6 nitrogen and oxygen atoms in total. The molecule has 1 atom stereocenters.